The summed E-state index contributed by atoms with van der Waals surface area (Å²) in [6.07, 6.45) is 0. The number of aromatic nitrogens is 2. The van der Waals surface area contributed by atoms with Crippen molar-refractivity contribution in [1.82, 2.24) is 9.55 Å². The lowest BCUT2D eigenvalue weighted by molar-refractivity contribution is -0.152. The Labute approximate surface area is 167 Å². The number of anilines is 1. The Kier molecular flexibility index (Phi) is 4.84. The highest BCUT2D eigenvalue weighted by molar-refractivity contribution is 6.07. The molecular formula is C21H21N3O5. The number of para-hydroxylation sites is 2. The number of rotatable bonds is 5. The average Bonchev–Trinajstić information content (AvgIpc) is 3.10. The van der Waals surface area contributed by atoms with Crippen LogP contribution in [0.5, 0.6) is 11.5 Å². The van der Waals surface area contributed by atoms with Gasteiger partial charge in [0.05, 0.1) is 37.9 Å². The molecule has 0 bridgehead atoms. The van der Waals surface area contributed by atoms with Gasteiger partial charge >= 0.3 is 5.97 Å². The molecule has 0 saturated carbocycles. The third kappa shape index (κ3) is 3.06. The fraction of sp³-hybridized carbons (Fsp3) is 0.286. The molecule has 8 nitrogen and oxygen atoms in total. The van der Waals surface area contributed by atoms with Gasteiger partial charge in [-0.2, -0.15) is 0 Å². The third-order valence-electron chi connectivity index (χ3n) is 5.00. The van der Waals surface area contributed by atoms with Gasteiger partial charge in [-0.3, -0.25) is 14.9 Å². The Balaban J connectivity index is 2.01. The van der Waals surface area contributed by atoms with E-state index in [9.17, 15) is 9.59 Å². The fourth-order valence-electron chi connectivity index (χ4n) is 3.75. The van der Waals surface area contributed by atoms with Crippen LogP contribution < -0.4 is 14.8 Å². The summed E-state index contributed by atoms with van der Waals surface area (Å²) in [7, 11) is 3.10. The number of carbonyl (C=O) groups excluding carboxylic acids is 2. The number of hydrogen-bond acceptors (Lipinski definition) is 6. The number of ether oxygens (including phenoxy) is 3. The minimum absolute atomic E-state index is 0.169. The van der Waals surface area contributed by atoms with Crippen molar-refractivity contribution < 1.29 is 23.8 Å². The topological polar surface area (TPSA) is 91.7 Å². The van der Waals surface area contributed by atoms with Gasteiger partial charge < -0.3 is 18.8 Å². The lowest BCUT2D eigenvalue weighted by Gasteiger charge is -2.33. The Bertz CT molecular complexity index is 1090. The van der Waals surface area contributed by atoms with Gasteiger partial charge in [-0.05, 0) is 37.3 Å². The number of fused-ring (bicyclic) bond motifs is 3. The van der Waals surface area contributed by atoms with Crippen LogP contribution in [0.4, 0.5) is 5.95 Å². The molecule has 2 heterocycles. The van der Waals surface area contributed by atoms with Gasteiger partial charge in [0.25, 0.3) is 0 Å². The van der Waals surface area contributed by atoms with Gasteiger partial charge in [0.15, 0.2) is 5.92 Å². The van der Waals surface area contributed by atoms with Crippen molar-refractivity contribution in [3.8, 4) is 11.5 Å². The molecule has 150 valence electrons. The summed E-state index contributed by atoms with van der Waals surface area (Å²) in [5.74, 6) is -0.707. The Morgan fingerprint density at radius 1 is 1.17 bits per heavy atom. The lowest BCUT2D eigenvalue weighted by Crippen LogP contribution is -2.43. The maximum absolute atomic E-state index is 13.0. The molecular weight excluding hydrogens is 374 g/mol. The number of methoxy groups -OCH3 is 2. The van der Waals surface area contributed by atoms with Crippen LogP contribution in [0.3, 0.4) is 0 Å². The summed E-state index contributed by atoms with van der Waals surface area (Å²) in [6.45, 7) is 1.87. The van der Waals surface area contributed by atoms with E-state index in [1.54, 1.807) is 39.3 Å². The van der Waals surface area contributed by atoms with Crippen molar-refractivity contribution in [2.24, 2.45) is 5.92 Å². The molecule has 3 aromatic rings. The van der Waals surface area contributed by atoms with E-state index in [1.807, 2.05) is 28.8 Å². The number of carbonyl (C=O) groups is 2. The van der Waals surface area contributed by atoms with E-state index in [0.717, 1.165) is 5.52 Å². The van der Waals surface area contributed by atoms with Crippen LogP contribution in [0, 0.1) is 5.92 Å². The highest BCUT2D eigenvalue weighted by atomic mass is 16.5. The Hall–Kier alpha value is -3.55. The van der Waals surface area contributed by atoms with Crippen LogP contribution in [0.25, 0.3) is 11.0 Å². The molecule has 29 heavy (non-hydrogen) atoms. The smallest absolute Gasteiger partial charge is 0.321 e. The van der Waals surface area contributed by atoms with Gasteiger partial charge in [0.1, 0.15) is 11.5 Å². The van der Waals surface area contributed by atoms with Crippen LogP contribution in [-0.2, 0) is 14.3 Å². The molecule has 0 aliphatic carbocycles. The minimum atomic E-state index is -1.11. The molecule has 8 heteroatoms. The Morgan fingerprint density at radius 3 is 2.69 bits per heavy atom. The van der Waals surface area contributed by atoms with Crippen molar-refractivity contribution in [2.75, 3.05) is 26.1 Å². The second kappa shape index (κ2) is 7.46. The molecule has 0 spiro atoms. The van der Waals surface area contributed by atoms with Crippen molar-refractivity contribution in [1.29, 1.82) is 0 Å². The van der Waals surface area contributed by atoms with E-state index < -0.39 is 23.8 Å². The van der Waals surface area contributed by atoms with E-state index >= 15 is 0 Å². The Morgan fingerprint density at radius 2 is 1.97 bits per heavy atom. The molecule has 1 amide bonds. The van der Waals surface area contributed by atoms with Crippen LogP contribution in [0.1, 0.15) is 18.5 Å². The van der Waals surface area contributed by atoms with Crippen LogP contribution >= 0.6 is 0 Å². The predicted octanol–water partition coefficient (Wildman–Crippen LogP) is 2.77. The summed E-state index contributed by atoms with van der Waals surface area (Å²) >= 11 is 0. The normalized spacial score (nSPS) is 18.1. The molecule has 4 rings (SSSR count). The van der Waals surface area contributed by atoms with Gasteiger partial charge in [-0.15, -0.1) is 0 Å². The number of nitrogens with zero attached hydrogens (tertiary/aromatic N) is 2. The maximum Gasteiger partial charge on any atom is 0.321 e. The second-order valence-corrected chi connectivity index (χ2v) is 6.57. The SMILES string of the molecule is CCOC(=O)[C@H]1C(=O)Nc2nc3ccccc3n2[C@H]1c1cc(OC)ccc1OC. The van der Waals surface area contributed by atoms with Gasteiger partial charge in [-0.25, -0.2) is 4.98 Å². The molecule has 1 aliphatic heterocycles. The van der Waals surface area contributed by atoms with E-state index in [-0.39, 0.29) is 6.61 Å². The monoisotopic (exact) mass is 395 g/mol. The zero-order chi connectivity index (χ0) is 20.5. The van der Waals surface area contributed by atoms with Gasteiger partial charge in [0, 0.05) is 5.56 Å². The number of hydrogen-bond donors (Lipinski definition) is 1. The van der Waals surface area contributed by atoms with Crippen molar-refractivity contribution in [2.45, 2.75) is 13.0 Å². The molecule has 0 fully saturated rings. The first kappa shape index (κ1) is 18.8. The first-order valence-corrected chi connectivity index (χ1v) is 9.25. The lowest BCUT2D eigenvalue weighted by atomic mass is 9.89. The number of imidazole rings is 1. The molecule has 1 aromatic heterocycles. The summed E-state index contributed by atoms with van der Waals surface area (Å²) < 4.78 is 18.0. The predicted molar refractivity (Wildman–Crippen MR) is 106 cm³/mol. The van der Waals surface area contributed by atoms with E-state index in [1.165, 1.54) is 0 Å². The summed E-state index contributed by atoms with van der Waals surface area (Å²) in [4.78, 5) is 30.3. The molecule has 2 aromatic carbocycles. The second-order valence-electron chi connectivity index (χ2n) is 6.57. The highest BCUT2D eigenvalue weighted by Crippen LogP contribution is 2.42. The van der Waals surface area contributed by atoms with Crippen LogP contribution in [0.2, 0.25) is 0 Å². The van der Waals surface area contributed by atoms with Crippen molar-refractivity contribution in [3.05, 3.63) is 48.0 Å². The molecule has 1 N–H and O–H groups in total. The van der Waals surface area contributed by atoms with Crippen LogP contribution in [0.15, 0.2) is 42.5 Å². The fourth-order valence-corrected chi connectivity index (χ4v) is 3.75. The standard InChI is InChI=1S/C21H21N3O5/c1-4-29-20(26)17-18(13-11-12(27-2)9-10-16(13)28-3)24-15-8-6-5-7-14(15)22-21(24)23-19(17)25/h5-11,17-18H,4H2,1-3H3,(H,22,23,25)/t17-,18+/m1/s1. The van der Waals surface area contributed by atoms with Gasteiger partial charge in [-0.1, -0.05) is 12.1 Å². The number of amides is 1. The highest BCUT2D eigenvalue weighted by Gasteiger charge is 2.45. The quantitative estimate of drug-likeness (QED) is 0.528. The first-order chi connectivity index (χ1) is 14.1. The third-order valence-corrected chi connectivity index (χ3v) is 5.00. The number of nitrogens with one attached hydrogen (secondary N) is 1. The summed E-state index contributed by atoms with van der Waals surface area (Å²) in [5, 5.41) is 2.74. The number of benzene rings is 2. The largest absolute Gasteiger partial charge is 0.497 e. The van der Waals surface area contributed by atoms with E-state index in [0.29, 0.717) is 28.5 Å². The molecule has 2 atom stereocenters. The van der Waals surface area contributed by atoms with Crippen LogP contribution in [-0.4, -0.2) is 42.3 Å². The van der Waals surface area contributed by atoms with Crippen molar-refractivity contribution in [3.63, 3.8) is 0 Å². The zero-order valence-electron chi connectivity index (χ0n) is 16.3. The first-order valence-electron chi connectivity index (χ1n) is 9.25. The zero-order valence-corrected chi connectivity index (χ0v) is 16.3. The molecule has 0 saturated heterocycles. The molecule has 0 radical (unpaired) electrons. The summed E-state index contributed by atoms with van der Waals surface area (Å²) in [6, 6.07) is 12.1. The number of esters is 1. The maximum atomic E-state index is 13.0. The molecule has 0 unspecified atom stereocenters. The van der Waals surface area contributed by atoms with Crippen molar-refractivity contribution >= 4 is 28.9 Å². The van der Waals surface area contributed by atoms with E-state index in [2.05, 4.69) is 10.3 Å². The minimum Gasteiger partial charge on any atom is -0.497 e. The molecule has 1 aliphatic rings. The van der Waals surface area contributed by atoms with Gasteiger partial charge in [0.2, 0.25) is 11.9 Å². The van der Waals surface area contributed by atoms with E-state index in [4.69, 9.17) is 14.2 Å². The summed E-state index contributed by atoms with van der Waals surface area (Å²) in [5.41, 5.74) is 2.12. The average molecular weight is 395 g/mol.